The zero-order chi connectivity index (χ0) is 18.9. The number of nitrogens with one attached hydrogen (secondary N) is 2. The average Bonchev–Trinajstić information content (AvgIpc) is 2.66. The number of amides is 1. The molecule has 0 fully saturated rings. The number of anilines is 1. The minimum absolute atomic E-state index is 0. The SMILES string of the molecule is CCc1cccc(NC(N)=NCc2ccc(C(=O)NC(C)CC)cc2)c1.I. The second kappa shape index (κ2) is 11.6. The zero-order valence-corrected chi connectivity index (χ0v) is 18.5. The highest BCUT2D eigenvalue weighted by Gasteiger charge is 2.08. The molecule has 0 spiro atoms. The summed E-state index contributed by atoms with van der Waals surface area (Å²) in [5.41, 5.74) is 9.80. The van der Waals surface area contributed by atoms with Gasteiger partial charge in [0.15, 0.2) is 5.96 Å². The van der Waals surface area contributed by atoms with Crippen LogP contribution in [0.3, 0.4) is 0 Å². The lowest BCUT2D eigenvalue weighted by atomic mass is 10.1. The van der Waals surface area contributed by atoms with E-state index in [4.69, 9.17) is 5.73 Å². The summed E-state index contributed by atoms with van der Waals surface area (Å²) < 4.78 is 0. The first-order chi connectivity index (χ1) is 12.5. The number of rotatable bonds is 7. The van der Waals surface area contributed by atoms with Gasteiger partial charge in [-0.15, -0.1) is 24.0 Å². The van der Waals surface area contributed by atoms with Crippen LogP contribution in [0.15, 0.2) is 53.5 Å². The molecule has 1 atom stereocenters. The number of nitrogens with two attached hydrogens (primary N) is 1. The largest absolute Gasteiger partial charge is 0.370 e. The molecule has 0 saturated carbocycles. The first-order valence-corrected chi connectivity index (χ1v) is 9.07. The Morgan fingerprint density at radius 2 is 1.81 bits per heavy atom. The molecule has 0 radical (unpaired) electrons. The fourth-order valence-corrected chi connectivity index (χ4v) is 2.40. The number of benzene rings is 2. The third-order valence-electron chi connectivity index (χ3n) is 4.25. The van der Waals surface area contributed by atoms with Crippen LogP contribution >= 0.6 is 24.0 Å². The number of carbonyl (C=O) groups is 1. The summed E-state index contributed by atoms with van der Waals surface area (Å²) in [7, 11) is 0. The van der Waals surface area contributed by atoms with Crippen molar-refractivity contribution in [3.05, 3.63) is 65.2 Å². The fraction of sp³-hybridized carbons (Fsp3) is 0.333. The lowest BCUT2D eigenvalue weighted by molar-refractivity contribution is 0.0939. The van der Waals surface area contributed by atoms with Crippen LogP contribution in [0.4, 0.5) is 5.69 Å². The molecule has 2 aromatic rings. The van der Waals surface area contributed by atoms with Gasteiger partial charge in [-0.1, -0.05) is 38.1 Å². The molecule has 0 saturated heterocycles. The van der Waals surface area contributed by atoms with Crippen molar-refractivity contribution in [2.45, 2.75) is 46.2 Å². The topological polar surface area (TPSA) is 79.5 Å². The van der Waals surface area contributed by atoms with Crippen molar-refractivity contribution in [2.24, 2.45) is 10.7 Å². The summed E-state index contributed by atoms with van der Waals surface area (Å²) in [5, 5.41) is 6.06. The molecule has 0 bridgehead atoms. The molecule has 5 nitrogen and oxygen atoms in total. The highest BCUT2D eigenvalue weighted by Crippen LogP contribution is 2.11. The van der Waals surface area contributed by atoms with E-state index in [0.717, 1.165) is 24.1 Å². The number of carbonyl (C=O) groups excluding carboxylic acids is 1. The Bertz CT molecular complexity index is 759. The smallest absolute Gasteiger partial charge is 0.251 e. The number of aryl methyl sites for hydroxylation is 1. The zero-order valence-electron chi connectivity index (χ0n) is 16.2. The highest BCUT2D eigenvalue weighted by molar-refractivity contribution is 14.0. The standard InChI is InChI=1S/C21H28N4O.HI/c1-4-15(3)24-20(26)18-11-9-17(10-12-18)14-23-21(22)25-19-8-6-7-16(5-2)13-19;/h6-13,15H,4-5,14H2,1-3H3,(H,24,26)(H3,22,23,25);1H. The molecule has 0 aliphatic rings. The molecule has 0 aliphatic carbocycles. The van der Waals surface area contributed by atoms with Gasteiger partial charge in [-0.25, -0.2) is 4.99 Å². The first-order valence-electron chi connectivity index (χ1n) is 9.07. The molecule has 2 aromatic carbocycles. The Morgan fingerprint density at radius 1 is 1.11 bits per heavy atom. The van der Waals surface area contributed by atoms with E-state index in [-0.39, 0.29) is 35.9 Å². The van der Waals surface area contributed by atoms with Gasteiger partial charge in [0.05, 0.1) is 6.54 Å². The van der Waals surface area contributed by atoms with Crippen LogP contribution in [0.25, 0.3) is 0 Å². The number of hydrogen-bond acceptors (Lipinski definition) is 2. The maximum absolute atomic E-state index is 12.1. The third-order valence-corrected chi connectivity index (χ3v) is 4.25. The lowest BCUT2D eigenvalue weighted by Gasteiger charge is -2.11. The quantitative estimate of drug-likeness (QED) is 0.314. The van der Waals surface area contributed by atoms with Gasteiger partial charge in [0.1, 0.15) is 0 Å². The number of aliphatic imine (C=N–C) groups is 1. The second-order valence-corrected chi connectivity index (χ2v) is 6.36. The van der Waals surface area contributed by atoms with Gasteiger partial charge in [0.25, 0.3) is 5.91 Å². The van der Waals surface area contributed by atoms with E-state index in [9.17, 15) is 4.79 Å². The molecular weight excluding hydrogens is 451 g/mol. The summed E-state index contributed by atoms with van der Waals surface area (Å²) in [6.07, 6.45) is 1.88. The van der Waals surface area contributed by atoms with Crippen molar-refractivity contribution in [1.29, 1.82) is 0 Å². The number of halogens is 1. The van der Waals surface area contributed by atoms with Gasteiger partial charge in [-0.3, -0.25) is 4.79 Å². The summed E-state index contributed by atoms with van der Waals surface area (Å²) in [6, 6.07) is 15.7. The summed E-state index contributed by atoms with van der Waals surface area (Å²) in [4.78, 5) is 16.4. The van der Waals surface area contributed by atoms with Crippen LogP contribution in [-0.2, 0) is 13.0 Å². The lowest BCUT2D eigenvalue weighted by Crippen LogP contribution is -2.31. The van der Waals surface area contributed by atoms with Crippen molar-refractivity contribution < 1.29 is 4.79 Å². The maximum atomic E-state index is 12.1. The van der Waals surface area contributed by atoms with Crippen molar-refractivity contribution in [2.75, 3.05) is 5.32 Å². The van der Waals surface area contributed by atoms with Gasteiger partial charge in [0, 0.05) is 17.3 Å². The molecule has 27 heavy (non-hydrogen) atoms. The van der Waals surface area contributed by atoms with Crippen LogP contribution in [0.5, 0.6) is 0 Å². The van der Waals surface area contributed by atoms with Crippen LogP contribution in [0.2, 0.25) is 0 Å². The molecule has 1 amide bonds. The Kier molecular flexibility index (Phi) is 9.85. The van der Waals surface area contributed by atoms with E-state index in [1.54, 1.807) is 0 Å². The number of hydrogen-bond donors (Lipinski definition) is 3. The van der Waals surface area contributed by atoms with E-state index < -0.39 is 0 Å². The van der Waals surface area contributed by atoms with Gasteiger partial charge in [-0.05, 0) is 55.2 Å². The van der Waals surface area contributed by atoms with Gasteiger partial charge in [0.2, 0.25) is 0 Å². The van der Waals surface area contributed by atoms with E-state index >= 15 is 0 Å². The van der Waals surface area contributed by atoms with Crippen LogP contribution in [0.1, 0.15) is 48.7 Å². The van der Waals surface area contributed by atoms with Crippen molar-refractivity contribution in [1.82, 2.24) is 5.32 Å². The molecule has 1 unspecified atom stereocenters. The van der Waals surface area contributed by atoms with Crippen molar-refractivity contribution >= 4 is 41.5 Å². The van der Waals surface area contributed by atoms with Crippen LogP contribution in [-0.4, -0.2) is 17.9 Å². The van der Waals surface area contributed by atoms with Gasteiger partial charge in [-0.2, -0.15) is 0 Å². The Balaban J connectivity index is 0.00000364. The summed E-state index contributed by atoms with van der Waals surface area (Å²) in [6.45, 7) is 6.61. The van der Waals surface area contributed by atoms with Crippen molar-refractivity contribution in [3.8, 4) is 0 Å². The summed E-state index contributed by atoms with van der Waals surface area (Å²) in [5.74, 6) is 0.322. The predicted octanol–water partition coefficient (Wildman–Crippen LogP) is 4.32. The molecule has 0 heterocycles. The third kappa shape index (κ3) is 7.58. The Labute approximate surface area is 178 Å². The highest BCUT2D eigenvalue weighted by atomic mass is 127. The molecular formula is C21H29IN4O. The van der Waals surface area contributed by atoms with Crippen LogP contribution < -0.4 is 16.4 Å². The van der Waals surface area contributed by atoms with E-state index in [0.29, 0.717) is 18.1 Å². The monoisotopic (exact) mass is 480 g/mol. The van der Waals surface area contributed by atoms with Crippen LogP contribution in [0, 0.1) is 0 Å². The van der Waals surface area contributed by atoms with Crippen molar-refractivity contribution in [3.63, 3.8) is 0 Å². The maximum Gasteiger partial charge on any atom is 0.251 e. The van der Waals surface area contributed by atoms with Gasteiger partial charge < -0.3 is 16.4 Å². The minimum atomic E-state index is -0.0496. The fourth-order valence-electron chi connectivity index (χ4n) is 2.40. The van der Waals surface area contributed by atoms with E-state index in [1.165, 1.54) is 5.56 Å². The molecule has 6 heteroatoms. The Morgan fingerprint density at radius 3 is 2.44 bits per heavy atom. The number of guanidine groups is 1. The van der Waals surface area contributed by atoms with E-state index in [2.05, 4.69) is 34.7 Å². The molecule has 146 valence electrons. The molecule has 4 N–H and O–H groups in total. The minimum Gasteiger partial charge on any atom is -0.370 e. The molecule has 0 aromatic heterocycles. The second-order valence-electron chi connectivity index (χ2n) is 6.36. The predicted molar refractivity (Wildman–Crippen MR) is 124 cm³/mol. The van der Waals surface area contributed by atoms with E-state index in [1.807, 2.05) is 50.2 Å². The van der Waals surface area contributed by atoms with Gasteiger partial charge >= 0.3 is 0 Å². The summed E-state index contributed by atoms with van der Waals surface area (Å²) >= 11 is 0. The first kappa shape index (κ1) is 23.0. The Hall–Kier alpha value is -2.09. The average molecular weight is 480 g/mol. The molecule has 2 rings (SSSR count). The number of nitrogens with zero attached hydrogens (tertiary/aromatic N) is 1. The normalized spacial score (nSPS) is 12.0. The molecule has 0 aliphatic heterocycles.